The summed E-state index contributed by atoms with van der Waals surface area (Å²) in [4.78, 5) is 7.18. The number of imidazole rings is 1. The van der Waals surface area contributed by atoms with E-state index in [2.05, 4.69) is 15.3 Å². The topological polar surface area (TPSA) is 59.2 Å². The lowest BCUT2D eigenvalue weighted by Crippen LogP contribution is -2.16. The van der Waals surface area contributed by atoms with E-state index in [0.717, 1.165) is 38.4 Å². The number of aromatic amines is 1. The van der Waals surface area contributed by atoms with Gasteiger partial charge >= 0.3 is 0 Å². The number of H-pyrrole nitrogens is 1. The number of hydrogen-bond acceptors (Lipinski definition) is 4. The van der Waals surface area contributed by atoms with Crippen LogP contribution in [0, 0.1) is 0 Å². The zero-order valence-corrected chi connectivity index (χ0v) is 9.87. The van der Waals surface area contributed by atoms with E-state index in [9.17, 15) is 0 Å². The summed E-state index contributed by atoms with van der Waals surface area (Å²) in [5.41, 5.74) is 0. The molecule has 0 fully saturated rings. The lowest BCUT2D eigenvalue weighted by atomic mass is 10.3. The van der Waals surface area contributed by atoms with Gasteiger partial charge in [0.2, 0.25) is 0 Å². The van der Waals surface area contributed by atoms with E-state index in [1.807, 2.05) is 6.20 Å². The summed E-state index contributed by atoms with van der Waals surface area (Å²) >= 11 is 0. The van der Waals surface area contributed by atoms with Gasteiger partial charge in [-0.15, -0.1) is 0 Å². The van der Waals surface area contributed by atoms with E-state index >= 15 is 0 Å². The summed E-state index contributed by atoms with van der Waals surface area (Å²) in [6.07, 6.45) is 5.80. The van der Waals surface area contributed by atoms with Crippen LogP contribution in [-0.2, 0) is 16.0 Å². The molecule has 5 heteroatoms. The van der Waals surface area contributed by atoms with Crippen LogP contribution >= 0.6 is 0 Å². The van der Waals surface area contributed by atoms with E-state index < -0.39 is 0 Å². The largest absolute Gasteiger partial charge is 0.382 e. The van der Waals surface area contributed by atoms with Crippen molar-refractivity contribution >= 4 is 0 Å². The highest BCUT2D eigenvalue weighted by molar-refractivity contribution is 4.85. The van der Waals surface area contributed by atoms with Crippen LogP contribution in [-0.4, -0.2) is 43.4 Å². The Bertz CT molecular complexity index is 239. The van der Waals surface area contributed by atoms with E-state index in [4.69, 9.17) is 9.47 Å². The van der Waals surface area contributed by atoms with Gasteiger partial charge < -0.3 is 19.8 Å². The first-order chi connectivity index (χ1) is 7.93. The molecule has 0 atom stereocenters. The second-order valence-corrected chi connectivity index (χ2v) is 3.52. The Kier molecular flexibility index (Phi) is 7.67. The van der Waals surface area contributed by atoms with Gasteiger partial charge in [0.05, 0.1) is 19.8 Å². The van der Waals surface area contributed by atoms with Crippen LogP contribution in [0.2, 0.25) is 0 Å². The number of rotatable bonds is 10. The lowest BCUT2D eigenvalue weighted by Gasteiger charge is -2.04. The fraction of sp³-hybridized carbons (Fsp3) is 0.727. The Morgan fingerprint density at radius 1 is 1.31 bits per heavy atom. The van der Waals surface area contributed by atoms with E-state index in [0.29, 0.717) is 13.2 Å². The van der Waals surface area contributed by atoms with Crippen LogP contribution in [0.3, 0.4) is 0 Å². The van der Waals surface area contributed by atoms with Gasteiger partial charge in [0.15, 0.2) is 0 Å². The number of ether oxygens (including phenoxy) is 2. The molecule has 1 rings (SSSR count). The molecule has 1 aromatic heterocycles. The number of nitrogens with one attached hydrogen (secondary N) is 2. The minimum Gasteiger partial charge on any atom is -0.382 e. The predicted molar refractivity (Wildman–Crippen MR) is 62.2 cm³/mol. The van der Waals surface area contributed by atoms with Crippen LogP contribution in [0.5, 0.6) is 0 Å². The van der Waals surface area contributed by atoms with Crippen molar-refractivity contribution in [3.05, 3.63) is 18.2 Å². The molecule has 0 aromatic carbocycles. The summed E-state index contributed by atoms with van der Waals surface area (Å²) < 4.78 is 10.2. The van der Waals surface area contributed by atoms with Crippen LogP contribution in [0.4, 0.5) is 0 Å². The highest BCUT2D eigenvalue weighted by Crippen LogP contribution is 1.91. The van der Waals surface area contributed by atoms with E-state index in [1.165, 1.54) is 0 Å². The van der Waals surface area contributed by atoms with Crippen LogP contribution < -0.4 is 5.32 Å². The van der Waals surface area contributed by atoms with Gasteiger partial charge in [-0.3, -0.25) is 0 Å². The first kappa shape index (κ1) is 13.2. The fourth-order valence-corrected chi connectivity index (χ4v) is 1.30. The van der Waals surface area contributed by atoms with Gasteiger partial charge in [0, 0.05) is 26.1 Å². The summed E-state index contributed by atoms with van der Waals surface area (Å²) in [5, 5.41) is 3.32. The quantitative estimate of drug-likeness (QED) is 0.584. The molecular formula is C11H21N3O2. The van der Waals surface area contributed by atoms with Gasteiger partial charge in [0.1, 0.15) is 5.82 Å². The summed E-state index contributed by atoms with van der Waals surface area (Å²) in [6.45, 7) is 3.98. The second-order valence-electron chi connectivity index (χ2n) is 3.52. The van der Waals surface area contributed by atoms with Crippen molar-refractivity contribution in [3.8, 4) is 0 Å². The summed E-state index contributed by atoms with van der Waals surface area (Å²) in [6, 6.07) is 0. The smallest absolute Gasteiger partial charge is 0.120 e. The standard InChI is InChI=1S/C11H21N3O2/c1-15-8-9-16-7-3-2-4-12-10-11-13-5-6-14-11/h5-6,12H,2-4,7-10H2,1H3,(H,13,14). The maximum Gasteiger partial charge on any atom is 0.120 e. The monoisotopic (exact) mass is 227 g/mol. The molecule has 0 aliphatic rings. The number of nitrogens with zero attached hydrogens (tertiary/aromatic N) is 1. The minimum atomic E-state index is 0.677. The molecule has 0 saturated carbocycles. The lowest BCUT2D eigenvalue weighted by molar-refractivity contribution is 0.0688. The highest BCUT2D eigenvalue weighted by atomic mass is 16.5. The van der Waals surface area contributed by atoms with Crippen molar-refractivity contribution in [1.29, 1.82) is 0 Å². The molecule has 0 amide bonds. The average molecular weight is 227 g/mol. The first-order valence-corrected chi connectivity index (χ1v) is 5.69. The predicted octanol–water partition coefficient (Wildman–Crippen LogP) is 0.942. The Labute approximate surface area is 96.6 Å². The fourth-order valence-electron chi connectivity index (χ4n) is 1.30. The van der Waals surface area contributed by atoms with E-state index in [-0.39, 0.29) is 0 Å². The number of hydrogen-bond donors (Lipinski definition) is 2. The molecule has 0 saturated heterocycles. The third-order valence-corrected chi connectivity index (χ3v) is 2.17. The van der Waals surface area contributed by atoms with E-state index in [1.54, 1.807) is 13.3 Å². The van der Waals surface area contributed by atoms with Crippen molar-refractivity contribution in [3.63, 3.8) is 0 Å². The van der Waals surface area contributed by atoms with Crippen molar-refractivity contribution in [2.75, 3.05) is 33.5 Å². The molecule has 0 spiro atoms. The van der Waals surface area contributed by atoms with Crippen molar-refractivity contribution < 1.29 is 9.47 Å². The third kappa shape index (κ3) is 6.55. The first-order valence-electron chi connectivity index (χ1n) is 5.69. The maximum absolute atomic E-state index is 5.36. The molecule has 0 bridgehead atoms. The van der Waals surface area contributed by atoms with Gasteiger partial charge in [-0.05, 0) is 19.4 Å². The van der Waals surface area contributed by atoms with Crippen LogP contribution in [0.25, 0.3) is 0 Å². The Hall–Kier alpha value is -0.910. The maximum atomic E-state index is 5.36. The molecule has 5 nitrogen and oxygen atoms in total. The molecule has 2 N–H and O–H groups in total. The van der Waals surface area contributed by atoms with Crippen molar-refractivity contribution in [2.45, 2.75) is 19.4 Å². The molecule has 0 aliphatic heterocycles. The second kappa shape index (κ2) is 9.33. The van der Waals surface area contributed by atoms with Gasteiger partial charge in [-0.2, -0.15) is 0 Å². The molecule has 92 valence electrons. The van der Waals surface area contributed by atoms with Gasteiger partial charge in [0.25, 0.3) is 0 Å². The Morgan fingerprint density at radius 2 is 2.25 bits per heavy atom. The normalized spacial score (nSPS) is 10.8. The Balaban J connectivity index is 1.78. The average Bonchev–Trinajstić information content (AvgIpc) is 2.80. The number of unbranched alkanes of at least 4 members (excludes halogenated alkanes) is 1. The SMILES string of the molecule is COCCOCCCCNCc1ncc[nH]1. The summed E-state index contributed by atoms with van der Waals surface area (Å²) in [7, 11) is 1.68. The zero-order valence-electron chi connectivity index (χ0n) is 9.87. The summed E-state index contributed by atoms with van der Waals surface area (Å²) in [5.74, 6) is 0.983. The highest BCUT2D eigenvalue weighted by Gasteiger charge is 1.93. The van der Waals surface area contributed by atoms with Gasteiger partial charge in [-0.25, -0.2) is 4.98 Å². The van der Waals surface area contributed by atoms with Crippen molar-refractivity contribution in [2.24, 2.45) is 0 Å². The molecular weight excluding hydrogens is 206 g/mol. The zero-order chi connectivity index (χ0) is 11.5. The number of aromatic nitrogens is 2. The molecule has 0 unspecified atom stereocenters. The van der Waals surface area contributed by atoms with Gasteiger partial charge in [-0.1, -0.05) is 0 Å². The van der Waals surface area contributed by atoms with Crippen molar-refractivity contribution in [1.82, 2.24) is 15.3 Å². The Morgan fingerprint density at radius 3 is 3.00 bits per heavy atom. The van der Waals surface area contributed by atoms with Crippen LogP contribution in [0.15, 0.2) is 12.4 Å². The third-order valence-electron chi connectivity index (χ3n) is 2.17. The molecule has 16 heavy (non-hydrogen) atoms. The minimum absolute atomic E-state index is 0.677. The molecule has 0 aliphatic carbocycles. The molecule has 1 aromatic rings. The molecule has 0 radical (unpaired) electrons. The molecule has 1 heterocycles. The number of methoxy groups -OCH3 is 1. The van der Waals surface area contributed by atoms with Crippen LogP contribution in [0.1, 0.15) is 18.7 Å².